The summed E-state index contributed by atoms with van der Waals surface area (Å²) in [5, 5.41) is 2.90. The lowest BCUT2D eigenvalue weighted by atomic mass is 9.83. The van der Waals surface area contributed by atoms with Crippen molar-refractivity contribution in [1.29, 1.82) is 0 Å². The van der Waals surface area contributed by atoms with Crippen LogP contribution in [0.1, 0.15) is 19.4 Å². The summed E-state index contributed by atoms with van der Waals surface area (Å²) < 4.78 is 18.9. The number of benzene rings is 2. The number of carbonyl (C=O) groups excluding carboxylic acids is 1. The number of amides is 1. The molecule has 0 aliphatic carbocycles. The summed E-state index contributed by atoms with van der Waals surface area (Å²) >= 11 is 0. The zero-order valence-corrected chi connectivity index (χ0v) is 14.6. The molecule has 0 saturated heterocycles. The summed E-state index contributed by atoms with van der Waals surface area (Å²) in [6.45, 7) is 3.60. The highest BCUT2D eigenvalue weighted by atomic mass is 19.1. The van der Waals surface area contributed by atoms with Crippen LogP contribution in [0.5, 0.6) is 11.5 Å². The Hall–Kier alpha value is -3.21. The summed E-state index contributed by atoms with van der Waals surface area (Å²) in [5.74, 6) is 0.750. The first-order valence-electron chi connectivity index (χ1n) is 8.20. The third-order valence-electron chi connectivity index (χ3n) is 4.11. The molecule has 1 amide bonds. The van der Waals surface area contributed by atoms with Crippen LogP contribution in [0.15, 0.2) is 73.1 Å². The number of hydrogen-bond donors (Lipinski definition) is 1. The predicted molar refractivity (Wildman–Crippen MR) is 98.8 cm³/mol. The van der Waals surface area contributed by atoms with Crippen molar-refractivity contribution >= 4 is 11.6 Å². The van der Waals surface area contributed by atoms with E-state index in [0.29, 0.717) is 17.2 Å². The molecule has 1 N–H and O–H groups in total. The first-order chi connectivity index (χ1) is 12.4. The van der Waals surface area contributed by atoms with Gasteiger partial charge in [0.15, 0.2) is 0 Å². The van der Waals surface area contributed by atoms with E-state index in [1.54, 1.807) is 74.8 Å². The topological polar surface area (TPSA) is 51.2 Å². The summed E-state index contributed by atoms with van der Waals surface area (Å²) in [6.07, 6.45) is 3.29. The van der Waals surface area contributed by atoms with Crippen molar-refractivity contribution in [3.05, 3.63) is 84.4 Å². The Morgan fingerprint density at radius 2 is 1.69 bits per heavy atom. The van der Waals surface area contributed by atoms with E-state index in [1.165, 1.54) is 12.1 Å². The molecule has 0 radical (unpaired) electrons. The van der Waals surface area contributed by atoms with Gasteiger partial charge in [-0.15, -0.1) is 0 Å². The van der Waals surface area contributed by atoms with Gasteiger partial charge in [0.05, 0.1) is 5.41 Å². The Kier molecular flexibility index (Phi) is 4.98. The van der Waals surface area contributed by atoms with Gasteiger partial charge in [0.2, 0.25) is 5.91 Å². The molecule has 0 unspecified atom stereocenters. The van der Waals surface area contributed by atoms with E-state index in [1.807, 2.05) is 0 Å². The van der Waals surface area contributed by atoms with Gasteiger partial charge in [-0.25, -0.2) is 4.39 Å². The molecule has 3 aromatic rings. The van der Waals surface area contributed by atoms with Crippen molar-refractivity contribution in [1.82, 2.24) is 4.98 Å². The lowest BCUT2D eigenvalue weighted by Gasteiger charge is -2.24. The monoisotopic (exact) mass is 350 g/mol. The molecule has 0 aliphatic heterocycles. The lowest BCUT2D eigenvalue weighted by Crippen LogP contribution is -2.34. The van der Waals surface area contributed by atoms with Crippen LogP contribution in [0.2, 0.25) is 0 Å². The summed E-state index contributed by atoms with van der Waals surface area (Å²) in [4.78, 5) is 16.7. The van der Waals surface area contributed by atoms with Crippen molar-refractivity contribution in [3.63, 3.8) is 0 Å². The number of pyridine rings is 1. The molecule has 0 aliphatic rings. The molecule has 132 valence electrons. The summed E-state index contributed by atoms with van der Waals surface area (Å²) in [6, 6.07) is 16.6. The first kappa shape index (κ1) is 17.6. The quantitative estimate of drug-likeness (QED) is 0.710. The summed E-state index contributed by atoms with van der Waals surface area (Å²) in [5.41, 5.74) is 0.549. The van der Waals surface area contributed by atoms with Crippen LogP contribution < -0.4 is 10.1 Å². The normalized spacial score (nSPS) is 11.0. The van der Waals surface area contributed by atoms with E-state index < -0.39 is 5.41 Å². The third-order valence-corrected chi connectivity index (χ3v) is 4.11. The second-order valence-corrected chi connectivity index (χ2v) is 6.40. The maximum Gasteiger partial charge on any atom is 0.234 e. The second kappa shape index (κ2) is 7.35. The molecule has 3 rings (SSSR count). The van der Waals surface area contributed by atoms with Gasteiger partial charge in [-0.3, -0.25) is 9.78 Å². The van der Waals surface area contributed by atoms with Gasteiger partial charge in [-0.1, -0.05) is 18.2 Å². The number of nitrogens with one attached hydrogen (secondary N) is 1. The SMILES string of the molecule is CC(C)(C(=O)Nc1cccc(Oc2ccncc2)c1)c1ccc(F)cc1. The Morgan fingerprint density at radius 3 is 2.38 bits per heavy atom. The number of rotatable bonds is 5. The smallest absolute Gasteiger partial charge is 0.234 e. The Bertz CT molecular complexity index is 893. The molecule has 26 heavy (non-hydrogen) atoms. The second-order valence-electron chi connectivity index (χ2n) is 6.40. The maximum atomic E-state index is 13.1. The first-order valence-corrected chi connectivity index (χ1v) is 8.20. The van der Waals surface area contributed by atoms with E-state index in [0.717, 1.165) is 5.56 Å². The molecular weight excluding hydrogens is 331 g/mol. The van der Waals surface area contributed by atoms with Gasteiger partial charge in [-0.2, -0.15) is 0 Å². The average molecular weight is 350 g/mol. The molecular formula is C21H19FN2O2. The van der Waals surface area contributed by atoms with Crippen LogP contribution in [0.4, 0.5) is 10.1 Å². The fourth-order valence-electron chi connectivity index (χ4n) is 2.46. The zero-order valence-electron chi connectivity index (χ0n) is 14.6. The van der Waals surface area contributed by atoms with Crippen LogP contribution in [-0.4, -0.2) is 10.9 Å². The fourth-order valence-corrected chi connectivity index (χ4v) is 2.46. The van der Waals surface area contributed by atoms with Crippen molar-refractivity contribution in [2.75, 3.05) is 5.32 Å². The van der Waals surface area contributed by atoms with Gasteiger partial charge >= 0.3 is 0 Å². The van der Waals surface area contributed by atoms with Gasteiger partial charge < -0.3 is 10.1 Å². The van der Waals surface area contributed by atoms with Crippen LogP contribution in [0.25, 0.3) is 0 Å². The molecule has 0 spiro atoms. The largest absolute Gasteiger partial charge is 0.457 e. The lowest BCUT2D eigenvalue weighted by molar-refractivity contribution is -0.120. The van der Waals surface area contributed by atoms with E-state index in [9.17, 15) is 9.18 Å². The number of aromatic nitrogens is 1. The average Bonchev–Trinajstić information content (AvgIpc) is 2.63. The fraction of sp³-hybridized carbons (Fsp3) is 0.143. The molecule has 0 saturated carbocycles. The standard InChI is InChI=1S/C21H19FN2O2/c1-21(2,15-6-8-16(22)9-7-15)20(25)24-17-4-3-5-19(14-17)26-18-10-12-23-13-11-18/h3-14H,1-2H3,(H,24,25). The Balaban J connectivity index is 1.74. The van der Waals surface area contributed by atoms with Crippen LogP contribution in [0.3, 0.4) is 0 Å². The molecule has 1 aromatic heterocycles. The minimum Gasteiger partial charge on any atom is -0.457 e. The predicted octanol–water partition coefficient (Wildman–Crippen LogP) is 4.93. The van der Waals surface area contributed by atoms with E-state index >= 15 is 0 Å². The molecule has 1 heterocycles. The van der Waals surface area contributed by atoms with Crippen LogP contribution in [0, 0.1) is 5.82 Å². The molecule has 0 atom stereocenters. The van der Waals surface area contributed by atoms with Gasteiger partial charge in [0, 0.05) is 24.1 Å². The van der Waals surface area contributed by atoms with Gasteiger partial charge in [0.25, 0.3) is 0 Å². The van der Waals surface area contributed by atoms with Crippen molar-refractivity contribution in [2.45, 2.75) is 19.3 Å². The molecule has 0 fully saturated rings. The third kappa shape index (κ3) is 4.06. The number of anilines is 1. The number of halogens is 1. The van der Waals surface area contributed by atoms with Crippen LogP contribution in [-0.2, 0) is 10.2 Å². The zero-order chi connectivity index (χ0) is 18.6. The van der Waals surface area contributed by atoms with E-state index in [-0.39, 0.29) is 11.7 Å². The highest BCUT2D eigenvalue weighted by Crippen LogP contribution is 2.27. The van der Waals surface area contributed by atoms with Crippen molar-refractivity contribution in [2.24, 2.45) is 0 Å². The van der Waals surface area contributed by atoms with Crippen molar-refractivity contribution < 1.29 is 13.9 Å². The minimum atomic E-state index is -0.810. The van der Waals surface area contributed by atoms with E-state index in [4.69, 9.17) is 4.74 Å². The molecule has 4 nitrogen and oxygen atoms in total. The molecule has 5 heteroatoms. The number of ether oxygens (including phenoxy) is 1. The minimum absolute atomic E-state index is 0.190. The Morgan fingerprint density at radius 1 is 1.00 bits per heavy atom. The van der Waals surface area contributed by atoms with Gasteiger partial charge in [0.1, 0.15) is 17.3 Å². The molecule has 2 aromatic carbocycles. The maximum absolute atomic E-state index is 13.1. The number of nitrogens with zero attached hydrogens (tertiary/aromatic N) is 1. The summed E-state index contributed by atoms with van der Waals surface area (Å²) in [7, 11) is 0. The van der Waals surface area contributed by atoms with Crippen LogP contribution >= 0.6 is 0 Å². The number of carbonyl (C=O) groups is 1. The van der Waals surface area contributed by atoms with E-state index in [2.05, 4.69) is 10.3 Å². The highest BCUT2D eigenvalue weighted by molar-refractivity contribution is 5.98. The number of hydrogen-bond acceptors (Lipinski definition) is 3. The van der Waals surface area contributed by atoms with Gasteiger partial charge in [-0.05, 0) is 55.8 Å². The highest BCUT2D eigenvalue weighted by Gasteiger charge is 2.29. The molecule has 0 bridgehead atoms. The van der Waals surface area contributed by atoms with Crippen molar-refractivity contribution in [3.8, 4) is 11.5 Å². The Labute approximate surface area is 151 Å².